The number of hydrogen-bond acceptors (Lipinski definition) is 2. The summed E-state index contributed by atoms with van der Waals surface area (Å²) in [5.41, 5.74) is 2.72. The fourth-order valence-corrected chi connectivity index (χ4v) is 1.97. The van der Waals surface area contributed by atoms with E-state index in [0.717, 1.165) is 32.6 Å². The number of nitrogens with zero attached hydrogens (tertiary/aromatic N) is 1. The normalized spacial score (nSPS) is 10.5. The van der Waals surface area contributed by atoms with E-state index < -0.39 is 0 Å². The van der Waals surface area contributed by atoms with Gasteiger partial charge in [0.25, 0.3) is 0 Å². The van der Waals surface area contributed by atoms with Crippen LogP contribution in [0.25, 0.3) is 0 Å². The van der Waals surface area contributed by atoms with E-state index in [1.807, 2.05) is 7.05 Å². The second kappa shape index (κ2) is 7.89. The molecular weight excluding hydrogens is 208 g/mol. The topological polar surface area (TPSA) is 15.3 Å². The van der Waals surface area contributed by atoms with E-state index >= 15 is 0 Å². The molecule has 0 spiro atoms. The number of terminal acetylenes is 1. The molecule has 0 heterocycles. The zero-order chi connectivity index (χ0) is 12.5. The van der Waals surface area contributed by atoms with E-state index in [9.17, 15) is 0 Å². The molecule has 2 nitrogen and oxygen atoms in total. The molecule has 2 heteroatoms. The minimum absolute atomic E-state index is 0.724. The lowest BCUT2D eigenvalue weighted by atomic mass is 10.1. The first kappa shape index (κ1) is 13.8. The van der Waals surface area contributed by atoms with Crippen LogP contribution in [0, 0.1) is 12.3 Å². The summed E-state index contributed by atoms with van der Waals surface area (Å²) in [6.07, 6.45) is 6.54. The zero-order valence-corrected chi connectivity index (χ0v) is 10.9. The van der Waals surface area contributed by atoms with Crippen LogP contribution in [-0.2, 0) is 13.1 Å². The molecule has 0 radical (unpaired) electrons. The van der Waals surface area contributed by atoms with Crippen LogP contribution in [-0.4, -0.2) is 25.0 Å². The van der Waals surface area contributed by atoms with Gasteiger partial charge in [-0.15, -0.1) is 6.42 Å². The van der Waals surface area contributed by atoms with Crippen LogP contribution in [0.1, 0.15) is 24.5 Å². The van der Waals surface area contributed by atoms with Crippen LogP contribution in [0.4, 0.5) is 0 Å². The molecule has 1 rings (SSSR count). The minimum Gasteiger partial charge on any atom is -0.316 e. The summed E-state index contributed by atoms with van der Waals surface area (Å²) < 4.78 is 0. The molecule has 0 bridgehead atoms. The highest BCUT2D eigenvalue weighted by Crippen LogP contribution is 2.11. The molecule has 92 valence electrons. The van der Waals surface area contributed by atoms with Crippen molar-refractivity contribution < 1.29 is 0 Å². The molecule has 1 aromatic carbocycles. The maximum atomic E-state index is 5.41. The Hall–Kier alpha value is -1.30. The molecule has 0 aliphatic rings. The van der Waals surface area contributed by atoms with Crippen molar-refractivity contribution in [3.63, 3.8) is 0 Å². The Bertz CT molecular complexity index is 365. The van der Waals surface area contributed by atoms with E-state index in [0.29, 0.717) is 0 Å². The van der Waals surface area contributed by atoms with Crippen molar-refractivity contribution in [1.29, 1.82) is 0 Å². The van der Waals surface area contributed by atoms with Gasteiger partial charge in [-0.2, -0.15) is 0 Å². The van der Waals surface area contributed by atoms with Crippen LogP contribution in [0.5, 0.6) is 0 Å². The lowest BCUT2D eigenvalue weighted by Crippen LogP contribution is -2.25. The highest BCUT2D eigenvalue weighted by atomic mass is 15.1. The molecule has 0 amide bonds. The summed E-state index contributed by atoms with van der Waals surface area (Å²) in [6.45, 7) is 5.81. The number of benzene rings is 1. The largest absolute Gasteiger partial charge is 0.316 e. The lowest BCUT2D eigenvalue weighted by molar-refractivity contribution is 0.298. The van der Waals surface area contributed by atoms with E-state index in [1.54, 1.807) is 0 Å². The maximum absolute atomic E-state index is 5.41. The Morgan fingerprint density at radius 1 is 1.29 bits per heavy atom. The Labute approximate surface area is 105 Å². The average molecular weight is 230 g/mol. The molecule has 17 heavy (non-hydrogen) atoms. The molecule has 0 aliphatic heterocycles. The van der Waals surface area contributed by atoms with E-state index in [4.69, 9.17) is 6.42 Å². The molecule has 0 saturated heterocycles. The van der Waals surface area contributed by atoms with Gasteiger partial charge in [-0.3, -0.25) is 4.90 Å². The van der Waals surface area contributed by atoms with Gasteiger partial charge < -0.3 is 5.32 Å². The van der Waals surface area contributed by atoms with Gasteiger partial charge in [0.2, 0.25) is 0 Å². The Morgan fingerprint density at radius 2 is 2.00 bits per heavy atom. The average Bonchev–Trinajstić information content (AvgIpc) is 2.33. The molecule has 1 aromatic rings. The summed E-state index contributed by atoms with van der Waals surface area (Å²) >= 11 is 0. The fourth-order valence-electron chi connectivity index (χ4n) is 1.97. The Morgan fingerprint density at radius 3 is 2.59 bits per heavy atom. The van der Waals surface area contributed by atoms with Crippen LogP contribution >= 0.6 is 0 Å². The van der Waals surface area contributed by atoms with Crippen molar-refractivity contribution in [3.8, 4) is 12.3 Å². The molecule has 1 N–H and O–H groups in total. The SMILES string of the molecule is C#CCN(CCC)Cc1ccccc1CNC. The monoisotopic (exact) mass is 230 g/mol. The van der Waals surface area contributed by atoms with Gasteiger partial charge in [0.1, 0.15) is 0 Å². The van der Waals surface area contributed by atoms with Crippen molar-refractivity contribution in [2.45, 2.75) is 26.4 Å². The van der Waals surface area contributed by atoms with Crippen molar-refractivity contribution >= 4 is 0 Å². The second-order valence-electron chi connectivity index (χ2n) is 4.21. The molecule has 0 fully saturated rings. The number of rotatable bonds is 7. The molecule has 0 unspecified atom stereocenters. The van der Waals surface area contributed by atoms with Crippen LogP contribution in [0.3, 0.4) is 0 Å². The summed E-state index contributed by atoms with van der Waals surface area (Å²) in [5, 5.41) is 3.20. The predicted octanol–water partition coefficient (Wildman–Crippen LogP) is 2.25. The van der Waals surface area contributed by atoms with Gasteiger partial charge in [0.15, 0.2) is 0 Å². The second-order valence-corrected chi connectivity index (χ2v) is 4.21. The first-order valence-corrected chi connectivity index (χ1v) is 6.19. The zero-order valence-electron chi connectivity index (χ0n) is 10.9. The van der Waals surface area contributed by atoms with Gasteiger partial charge in [0.05, 0.1) is 6.54 Å². The minimum atomic E-state index is 0.724. The fraction of sp³-hybridized carbons (Fsp3) is 0.467. The van der Waals surface area contributed by atoms with Crippen molar-refractivity contribution in [2.24, 2.45) is 0 Å². The third-order valence-electron chi connectivity index (χ3n) is 2.73. The molecule has 0 saturated carbocycles. The van der Waals surface area contributed by atoms with Gasteiger partial charge in [-0.05, 0) is 31.1 Å². The summed E-state index contributed by atoms with van der Waals surface area (Å²) in [7, 11) is 1.97. The third-order valence-corrected chi connectivity index (χ3v) is 2.73. The highest BCUT2D eigenvalue weighted by molar-refractivity contribution is 5.27. The van der Waals surface area contributed by atoms with Gasteiger partial charge in [0, 0.05) is 13.1 Å². The Kier molecular flexibility index (Phi) is 6.39. The smallest absolute Gasteiger partial charge is 0.0601 e. The third kappa shape index (κ3) is 4.60. The van der Waals surface area contributed by atoms with E-state index in [-0.39, 0.29) is 0 Å². The van der Waals surface area contributed by atoms with Crippen LogP contribution in [0.2, 0.25) is 0 Å². The van der Waals surface area contributed by atoms with Crippen LogP contribution < -0.4 is 5.32 Å². The van der Waals surface area contributed by atoms with Crippen LogP contribution in [0.15, 0.2) is 24.3 Å². The molecule has 0 aliphatic carbocycles. The van der Waals surface area contributed by atoms with Gasteiger partial charge in [-0.1, -0.05) is 37.1 Å². The summed E-state index contributed by atoms with van der Waals surface area (Å²) in [6, 6.07) is 8.54. The molecule has 0 atom stereocenters. The molecule has 0 aromatic heterocycles. The predicted molar refractivity (Wildman–Crippen MR) is 73.6 cm³/mol. The Balaban J connectivity index is 2.73. The van der Waals surface area contributed by atoms with E-state index in [1.165, 1.54) is 11.1 Å². The van der Waals surface area contributed by atoms with E-state index in [2.05, 4.69) is 47.3 Å². The van der Waals surface area contributed by atoms with Crippen molar-refractivity contribution in [1.82, 2.24) is 10.2 Å². The van der Waals surface area contributed by atoms with Gasteiger partial charge in [-0.25, -0.2) is 0 Å². The lowest BCUT2D eigenvalue weighted by Gasteiger charge is -2.20. The quantitative estimate of drug-likeness (QED) is 0.723. The van der Waals surface area contributed by atoms with Crippen molar-refractivity contribution in [3.05, 3.63) is 35.4 Å². The number of hydrogen-bond donors (Lipinski definition) is 1. The number of nitrogens with one attached hydrogen (secondary N) is 1. The molecular formula is C15H22N2. The first-order chi connectivity index (χ1) is 8.31. The maximum Gasteiger partial charge on any atom is 0.0601 e. The first-order valence-electron chi connectivity index (χ1n) is 6.19. The highest BCUT2D eigenvalue weighted by Gasteiger charge is 2.06. The standard InChI is InChI=1S/C15H22N2/c1-4-10-17(11-5-2)13-15-9-7-6-8-14(15)12-16-3/h1,6-9,16H,5,10-13H2,2-3H3. The van der Waals surface area contributed by atoms with Gasteiger partial charge >= 0.3 is 0 Å². The summed E-state index contributed by atoms with van der Waals surface area (Å²) in [5.74, 6) is 2.73. The van der Waals surface area contributed by atoms with Crippen molar-refractivity contribution in [2.75, 3.05) is 20.1 Å². The summed E-state index contributed by atoms with van der Waals surface area (Å²) in [4.78, 5) is 2.31.